The van der Waals surface area contributed by atoms with Crippen LogP contribution in [0.3, 0.4) is 0 Å². The number of aromatic amines is 1. The molecule has 0 spiro atoms. The molecule has 1 aliphatic carbocycles. The number of aromatic nitrogens is 1. The number of hydrogen-bond donors (Lipinski definition) is 2. The maximum atomic E-state index is 12.0. The number of esters is 1. The zero-order chi connectivity index (χ0) is 14.3. The number of fused-ring (bicyclic) bond motifs is 3. The molecule has 1 heterocycles. The largest absolute Gasteiger partial charge is 0.462 e. The third-order valence-electron chi connectivity index (χ3n) is 3.60. The molecule has 0 fully saturated rings. The first-order valence-corrected chi connectivity index (χ1v) is 7.37. The number of nitrogens with one attached hydrogen (secondary N) is 1. The monoisotopic (exact) mass is 334 g/mol. The van der Waals surface area contributed by atoms with Crippen molar-refractivity contribution in [3.8, 4) is 11.3 Å². The van der Waals surface area contributed by atoms with Crippen molar-refractivity contribution >= 4 is 27.7 Å². The second kappa shape index (κ2) is 4.98. The first-order valence-electron chi connectivity index (χ1n) is 6.58. The zero-order valence-electron chi connectivity index (χ0n) is 11.1. The molecule has 5 heteroatoms. The van der Waals surface area contributed by atoms with E-state index in [9.17, 15) is 4.79 Å². The Labute approximate surface area is 125 Å². The van der Waals surface area contributed by atoms with E-state index in [1.165, 1.54) is 5.56 Å². The number of nitrogens with two attached hydrogens (primary N) is 1. The van der Waals surface area contributed by atoms with Crippen molar-refractivity contribution in [3.05, 3.63) is 39.4 Å². The third-order valence-corrected chi connectivity index (χ3v) is 4.09. The maximum absolute atomic E-state index is 12.0. The second-order valence-corrected chi connectivity index (χ2v) is 5.70. The van der Waals surface area contributed by atoms with E-state index in [0.717, 1.165) is 34.1 Å². The van der Waals surface area contributed by atoms with E-state index in [-0.39, 0.29) is 5.97 Å². The normalized spacial score (nSPS) is 12.7. The second-order valence-electron chi connectivity index (χ2n) is 4.79. The summed E-state index contributed by atoms with van der Waals surface area (Å²) in [5.41, 5.74) is 10.7. The molecule has 3 rings (SSSR count). The van der Waals surface area contributed by atoms with Gasteiger partial charge in [0.05, 0.1) is 12.3 Å². The van der Waals surface area contributed by atoms with E-state index < -0.39 is 0 Å². The van der Waals surface area contributed by atoms with Crippen LogP contribution in [0, 0.1) is 0 Å². The molecule has 0 atom stereocenters. The Morgan fingerprint density at radius 3 is 3.00 bits per heavy atom. The molecule has 104 valence electrons. The van der Waals surface area contributed by atoms with Crippen LogP contribution in [-0.2, 0) is 17.6 Å². The van der Waals surface area contributed by atoms with Crippen molar-refractivity contribution in [2.75, 3.05) is 12.3 Å². The van der Waals surface area contributed by atoms with Gasteiger partial charge in [-0.25, -0.2) is 4.79 Å². The van der Waals surface area contributed by atoms with Crippen molar-refractivity contribution in [2.24, 2.45) is 0 Å². The number of nitrogen functional groups attached to an aromatic ring is 1. The Morgan fingerprint density at radius 2 is 2.25 bits per heavy atom. The predicted octanol–water partition coefficient (Wildman–Crippen LogP) is 3.30. The molecule has 3 N–H and O–H groups in total. The molecule has 0 bridgehead atoms. The van der Waals surface area contributed by atoms with Gasteiger partial charge in [0, 0.05) is 10.0 Å². The molecule has 0 radical (unpaired) electrons. The lowest BCUT2D eigenvalue weighted by Gasteiger charge is -2.17. The van der Waals surface area contributed by atoms with Crippen LogP contribution in [0.2, 0.25) is 0 Å². The van der Waals surface area contributed by atoms with Gasteiger partial charge in [-0.15, -0.1) is 0 Å². The summed E-state index contributed by atoms with van der Waals surface area (Å²) in [4.78, 5) is 15.2. The summed E-state index contributed by atoms with van der Waals surface area (Å²) in [7, 11) is 0. The van der Waals surface area contributed by atoms with Gasteiger partial charge < -0.3 is 15.5 Å². The average Bonchev–Trinajstić information content (AvgIpc) is 2.75. The zero-order valence-corrected chi connectivity index (χ0v) is 12.7. The standard InChI is InChI=1S/C15H15BrN2O2/c1-2-20-15(19)12-10-6-4-8-3-5-9(16)7-11(8)13(10)18-14(12)17/h3,5,7,18H,2,4,6,17H2,1H3. The summed E-state index contributed by atoms with van der Waals surface area (Å²) in [6, 6.07) is 6.18. The van der Waals surface area contributed by atoms with Gasteiger partial charge in [0.15, 0.2) is 0 Å². The van der Waals surface area contributed by atoms with E-state index in [1.54, 1.807) is 6.92 Å². The number of aryl methyl sites for hydroxylation is 1. The molecule has 2 aromatic rings. The molecular weight excluding hydrogens is 320 g/mol. The molecule has 20 heavy (non-hydrogen) atoms. The molecule has 1 aromatic carbocycles. The predicted molar refractivity (Wildman–Crippen MR) is 81.7 cm³/mol. The molecule has 1 aromatic heterocycles. The fourth-order valence-corrected chi connectivity index (χ4v) is 3.10. The summed E-state index contributed by atoms with van der Waals surface area (Å²) in [5.74, 6) is 0.0437. The molecule has 4 nitrogen and oxygen atoms in total. The quantitative estimate of drug-likeness (QED) is 0.828. The van der Waals surface area contributed by atoms with Crippen LogP contribution in [0.4, 0.5) is 5.82 Å². The van der Waals surface area contributed by atoms with Crippen molar-refractivity contribution < 1.29 is 9.53 Å². The highest BCUT2D eigenvalue weighted by Crippen LogP contribution is 2.38. The van der Waals surface area contributed by atoms with Crippen LogP contribution >= 0.6 is 15.9 Å². The molecule has 0 amide bonds. The lowest BCUT2D eigenvalue weighted by Crippen LogP contribution is -2.11. The summed E-state index contributed by atoms with van der Waals surface area (Å²) in [6.45, 7) is 2.14. The van der Waals surface area contributed by atoms with E-state index in [4.69, 9.17) is 10.5 Å². The fraction of sp³-hybridized carbons (Fsp3) is 0.267. The van der Waals surface area contributed by atoms with Gasteiger partial charge in [-0.3, -0.25) is 0 Å². The topological polar surface area (TPSA) is 68.1 Å². The van der Waals surface area contributed by atoms with Gasteiger partial charge in [0.1, 0.15) is 11.4 Å². The van der Waals surface area contributed by atoms with Crippen LogP contribution in [0.5, 0.6) is 0 Å². The molecule has 0 saturated carbocycles. The van der Waals surface area contributed by atoms with Gasteiger partial charge >= 0.3 is 5.97 Å². The number of carbonyl (C=O) groups is 1. The number of benzene rings is 1. The summed E-state index contributed by atoms with van der Waals surface area (Å²) in [5, 5.41) is 0. The highest BCUT2D eigenvalue weighted by Gasteiger charge is 2.27. The lowest BCUT2D eigenvalue weighted by molar-refractivity contribution is 0.0526. The Morgan fingerprint density at radius 1 is 1.45 bits per heavy atom. The van der Waals surface area contributed by atoms with Gasteiger partial charge in [-0.1, -0.05) is 22.0 Å². The van der Waals surface area contributed by atoms with Crippen molar-refractivity contribution in [1.82, 2.24) is 4.98 Å². The van der Waals surface area contributed by atoms with Crippen molar-refractivity contribution in [2.45, 2.75) is 19.8 Å². The number of anilines is 1. The van der Waals surface area contributed by atoms with Gasteiger partial charge in [-0.2, -0.15) is 0 Å². The maximum Gasteiger partial charge on any atom is 0.342 e. The SMILES string of the molecule is CCOC(=O)c1c(N)[nH]c2c1CCc1ccc(Br)cc1-2. The average molecular weight is 335 g/mol. The summed E-state index contributed by atoms with van der Waals surface area (Å²) >= 11 is 3.48. The Bertz CT molecular complexity index is 691. The van der Waals surface area contributed by atoms with Crippen LogP contribution < -0.4 is 5.73 Å². The lowest BCUT2D eigenvalue weighted by atomic mass is 9.88. The van der Waals surface area contributed by atoms with Crippen molar-refractivity contribution in [1.29, 1.82) is 0 Å². The molecule has 0 saturated heterocycles. The fourth-order valence-electron chi connectivity index (χ4n) is 2.74. The highest BCUT2D eigenvalue weighted by molar-refractivity contribution is 9.10. The summed E-state index contributed by atoms with van der Waals surface area (Å²) in [6.07, 6.45) is 1.70. The van der Waals surface area contributed by atoms with Gasteiger partial charge in [-0.05, 0) is 43.0 Å². The molecule has 1 aliphatic rings. The molecular formula is C15H15BrN2O2. The number of ether oxygens (including phenoxy) is 1. The number of carbonyl (C=O) groups excluding carboxylic acids is 1. The van der Waals surface area contributed by atoms with Gasteiger partial charge in [0.2, 0.25) is 0 Å². The molecule has 0 unspecified atom stereocenters. The third kappa shape index (κ3) is 2.02. The van der Waals surface area contributed by atoms with Crippen LogP contribution in [0.1, 0.15) is 28.4 Å². The number of rotatable bonds is 2. The minimum atomic E-state index is -0.346. The number of H-pyrrole nitrogens is 1. The Hall–Kier alpha value is -1.75. The minimum absolute atomic E-state index is 0.346. The Balaban J connectivity index is 2.16. The van der Waals surface area contributed by atoms with E-state index in [1.807, 2.05) is 6.07 Å². The number of hydrogen-bond acceptors (Lipinski definition) is 3. The Kier molecular flexibility index (Phi) is 3.30. The van der Waals surface area contributed by atoms with Crippen LogP contribution in [-0.4, -0.2) is 17.6 Å². The van der Waals surface area contributed by atoms with E-state index >= 15 is 0 Å². The highest BCUT2D eigenvalue weighted by atomic mass is 79.9. The van der Waals surface area contributed by atoms with E-state index in [2.05, 4.69) is 33.0 Å². The van der Waals surface area contributed by atoms with E-state index in [0.29, 0.717) is 18.0 Å². The van der Waals surface area contributed by atoms with Gasteiger partial charge in [0.25, 0.3) is 0 Å². The summed E-state index contributed by atoms with van der Waals surface area (Å²) < 4.78 is 6.11. The first-order chi connectivity index (χ1) is 9.61. The van der Waals surface area contributed by atoms with Crippen LogP contribution in [0.15, 0.2) is 22.7 Å². The first kappa shape index (κ1) is 13.2. The molecule has 0 aliphatic heterocycles. The van der Waals surface area contributed by atoms with Crippen molar-refractivity contribution in [3.63, 3.8) is 0 Å². The van der Waals surface area contributed by atoms with Crippen LogP contribution in [0.25, 0.3) is 11.3 Å². The smallest absolute Gasteiger partial charge is 0.342 e. The number of halogens is 1. The minimum Gasteiger partial charge on any atom is -0.462 e.